The van der Waals surface area contributed by atoms with Gasteiger partial charge >= 0.3 is 0 Å². The van der Waals surface area contributed by atoms with E-state index >= 15 is 0 Å². The highest BCUT2D eigenvalue weighted by Gasteiger charge is 2.17. The van der Waals surface area contributed by atoms with Crippen molar-refractivity contribution in [2.24, 2.45) is 5.92 Å². The molecular formula is C13H24N6. The van der Waals surface area contributed by atoms with E-state index in [-0.39, 0.29) is 5.95 Å². The third-order valence-corrected chi connectivity index (χ3v) is 3.75. The fourth-order valence-corrected chi connectivity index (χ4v) is 2.28. The second-order valence-corrected chi connectivity index (χ2v) is 5.00. The zero-order valence-corrected chi connectivity index (χ0v) is 11.9. The summed E-state index contributed by atoms with van der Waals surface area (Å²) in [6.07, 6.45) is 5.30. The molecule has 1 aromatic heterocycles. The number of aromatic nitrogens is 3. The van der Waals surface area contributed by atoms with Crippen molar-refractivity contribution < 1.29 is 0 Å². The van der Waals surface area contributed by atoms with E-state index in [1.807, 2.05) is 0 Å². The second kappa shape index (κ2) is 6.54. The maximum atomic E-state index is 5.75. The van der Waals surface area contributed by atoms with Crippen LogP contribution in [-0.2, 0) is 0 Å². The Hall–Kier alpha value is -1.59. The van der Waals surface area contributed by atoms with Crippen molar-refractivity contribution in [3.8, 4) is 0 Å². The van der Waals surface area contributed by atoms with Crippen LogP contribution in [-0.4, -0.2) is 34.6 Å². The monoisotopic (exact) mass is 264 g/mol. The van der Waals surface area contributed by atoms with E-state index < -0.39 is 0 Å². The highest BCUT2D eigenvalue weighted by atomic mass is 15.3. The SMILES string of the molecule is CCN(CC)c1nc(N)nc(NCCC2CCC2)n1. The quantitative estimate of drug-likeness (QED) is 0.783. The van der Waals surface area contributed by atoms with Crippen LogP contribution in [0.2, 0.25) is 0 Å². The number of nitrogens with one attached hydrogen (secondary N) is 1. The topological polar surface area (TPSA) is 80.0 Å². The Morgan fingerprint density at radius 3 is 2.53 bits per heavy atom. The number of nitrogen functional groups attached to an aromatic ring is 1. The summed E-state index contributed by atoms with van der Waals surface area (Å²) in [5, 5.41) is 3.26. The van der Waals surface area contributed by atoms with Gasteiger partial charge in [0, 0.05) is 19.6 Å². The second-order valence-electron chi connectivity index (χ2n) is 5.00. The third kappa shape index (κ3) is 3.68. The summed E-state index contributed by atoms with van der Waals surface area (Å²) in [5.41, 5.74) is 5.75. The predicted molar refractivity (Wildman–Crippen MR) is 78.2 cm³/mol. The summed E-state index contributed by atoms with van der Waals surface area (Å²) in [4.78, 5) is 14.8. The molecule has 1 saturated carbocycles. The van der Waals surface area contributed by atoms with E-state index in [2.05, 4.69) is 39.0 Å². The third-order valence-electron chi connectivity index (χ3n) is 3.75. The molecule has 0 amide bonds. The molecule has 1 aromatic rings. The Kier molecular flexibility index (Phi) is 4.76. The van der Waals surface area contributed by atoms with Crippen molar-refractivity contribution in [3.05, 3.63) is 0 Å². The number of nitrogens with two attached hydrogens (primary N) is 1. The van der Waals surface area contributed by atoms with E-state index in [0.717, 1.165) is 25.6 Å². The van der Waals surface area contributed by atoms with Crippen molar-refractivity contribution in [2.75, 3.05) is 35.6 Å². The molecule has 0 bridgehead atoms. The minimum Gasteiger partial charge on any atom is -0.368 e. The summed E-state index contributed by atoms with van der Waals surface area (Å²) >= 11 is 0. The van der Waals surface area contributed by atoms with Crippen LogP contribution < -0.4 is 16.0 Å². The van der Waals surface area contributed by atoms with Crippen LogP contribution in [0, 0.1) is 5.92 Å². The number of nitrogens with zero attached hydrogens (tertiary/aromatic N) is 4. The molecule has 1 fully saturated rings. The van der Waals surface area contributed by atoms with Crippen molar-refractivity contribution in [1.82, 2.24) is 15.0 Å². The molecule has 106 valence electrons. The van der Waals surface area contributed by atoms with E-state index in [1.165, 1.54) is 25.7 Å². The van der Waals surface area contributed by atoms with Crippen LogP contribution in [0.5, 0.6) is 0 Å². The fraction of sp³-hybridized carbons (Fsp3) is 0.769. The van der Waals surface area contributed by atoms with E-state index in [4.69, 9.17) is 5.73 Å². The lowest BCUT2D eigenvalue weighted by Gasteiger charge is -2.25. The summed E-state index contributed by atoms with van der Waals surface area (Å²) in [6, 6.07) is 0. The van der Waals surface area contributed by atoms with Crippen LogP contribution in [0.3, 0.4) is 0 Å². The summed E-state index contributed by atoms with van der Waals surface area (Å²) in [7, 11) is 0. The first-order valence-electron chi connectivity index (χ1n) is 7.23. The Bertz CT molecular complexity index is 400. The van der Waals surface area contributed by atoms with E-state index in [0.29, 0.717) is 11.9 Å². The number of anilines is 3. The van der Waals surface area contributed by atoms with Gasteiger partial charge in [-0.3, -0.25) is 0 Å². The van der Waals surface area contributed by atoms with Crippen LogP contribution in [0.15, 0.2) is 0 Å². The average molecular weight is 264 g/mol. The largest absolute Gasteiger partial charge is 0.368 e. The molecule has 0 aromatic carbocycles. The summed E-state index contributed by atoms with van der Waals surface area (Å²) in [5.74, 6) is 2.41. The molecule has 0 atom stereocenters. The zero-order chi connectivity index (χ0) is 13.7. The first kappa shape index (κ1) is 13.8. The average Bonchev–Trinajstić information content (AvgIpc) is 2.33. The molecule has 6 heteroatoms. The standard InChI is InChI=1S/C13H24N6/c1-3-19(4-2)13-17-11(14)16-12(18-13)15-9-8-10-6-5-7-10/h10H,3-9H2,1-2H3,(H3,14,15,16,17,18). The van der Waals surface area contributed by atoms with Crippen LogP contribution >= 0.6 is 0 Å². The summed E-state index contributed by atoms with van der Waals surface area (Å²) in [6.45, 7) is 6.79. The van der Waals surface area contributed by atoms with Gasteiger partial charge < -0.3 is 16.0 Å². The van der Waals surface area contributed by atoms with Crippen molar-refractivity contribution in [3.63, 3.8) is 0 Å². The van der Waals surface area contributed by atoms with E-state index in [1.54, 1.807) is 0 Å². The Morgan fingerprint density at radius 1 is 1.21 bits per heavy atom. The van der Waals surface area contributed by atoms with Crippen LogP contribution in [0.4, 0.5) is 17.8 Å². The molecule has 0 spiro atoms. The lowest BCUT2D eigenvalue weighted by atomic mass is 9.83. The maximum Gasteiger partial charge on any atom is 0.231 e. The van der Waals surface area contributed by atoms with Gasteiger partial charge in [0.15, 0.2) is 0 Å². The first-order valence-corrected chi connectivity index (χ1v) is 7.23. The van der Waals surface area contributed by atoms with Crippen LogP contribution in [0.25, 0.3) is 0 Å². The Morgan fingerprint density at radius 2 is 1.95 bits per heavy atom. The molecule has 19 heavy (non-hydrogen) atoms. The molecule has 1 aliphatic carbocycles. The molecule has 1 heterocycles. The first-order chi connectivity index (χ1) is 9.22. The molecule has 0 radical (unpaired) electrons. The highest BCUT2D eigenvalue weighted by molar-refractivity contribution is 5.41. The molecule has 2 rings (SSSR count). The molecular weight excluding hydrogens is 240 g/mol. The maximum absolute atomic E-state index is 5.75. The molecule has 3 N–H and O–H groups in total. The van der Waals surface area contributed by atoms with Gasteiger partial charge in [0.2, 0.25) is 17.8 Å². The molecule has 1 aliphatic rings. The van der Waals surface area contributed by atoms with Gasteiger partial charge in [-0.15, -0.1) is 0 Å². The van der Waals surface area contributed by atoms with Gasteiger partial charge in [0.1, 0.15) is 0 Å². The minimum absolute atomic E-state index is 0.281. The smallest absolute Gasteiger partial charge is 0.231 e. The van der Waals surface area contributed by atoms with Gasteiger partial charge in [-0.05, 0) is 26.2 Å². The zero-order valence-electron chi connectivity index (χ0n) is 11.9. The molecule has 6 nitrogen and oxygen atoms in total. The number of rotatable bonds is 7. The lowest BCUT2D eigenvalue weighted by molar-refractivity contribution is 0.303. The lowest BCUT2D eigenvalue weighted by Crippen LogP contribution is -2.25. The van der Waals surface area contributed by atoms with Crippen molar-refractivity contribution in [2.45, 2.75) is 39.5 Å². The summed E-state index contributed by atoms with van der Waals surface area (Å²) < 4.78 is 0. The van der Waals surface area contributed by atoms with Gasteiger partial charge in [-0.1, -0.05) is 19.3 Å². The van der Waals surface area contributed by atoms with Gasteiger partial charge in [0.05, 0.1) is 0 Å². The van der Waals surface area contributed by atoms with Crippen molar-refractivity contribution in [1.29, 1.82) is 0 Å². The predicted octanol–water partition coefficient (Wildman–Crippen LogP) is 1.90. The molecule has 0 unspecified atom stereocenters. The number of hydrogen-bond donors (Lipinski definition) is 2. The number of hydrogen-bond acceptors (Lipinski definition) is 6. The molecule has 0 aliphatic heterocycles. The van der Waals surface area contributed by atoms with Gasteiger partial charge in [-0.2, -0.15) is 15.0 Å². The van der Waals surface area contributed by atoms with Crippen molar-refractivity contribution >= 4 is 17.8 Å². The Balaban J connectivity index is 1.94. The van der Waals surface area contributed by atoms with Gasteiger partial charge in [0.25, 0.3) is 0 Å². The normalized spacial score (nSPS) is 15.1. The Labute approximate surface area is 114 Å². The highest BCUT2D eigenvalue weighted by Crippen LogP contribution is 2.29. The van der Waals surface area contributed by atoms with E-state index in [9.17, 15) is 0 Å². The minimum atomic E-state index is 0.281. The van der Waals surface area contributed by atoms with Gasteiger partial charge in [-0.25, -0.2) is 0 Å². The fourth-order valence-electron chi connectivity index (χ4n) is 2.28. The van der Waals surface area contributed by atoms with Crippen LogP contribution in [0.1, 0.15) is 39.5 Å². The molecule has 0 saturated heterocycles.